The van der Waals surface area contributed by atoms with Crippen LogP contribution in [-0.4, -0.2) is 26.2 Å². The smallest absolute Gasteiger partial charge is 0.332 e. The number of hydrogen-bond acceptors (Lipinski definition) is 5. The molecule has 2 heterocycles. The van der Waals surface area contributed by atoms with Crippen LogP contribution in [0.25, 0.3) is 22.2 Å². The molecule has 2 aromatic heterocycles. The zero-order valence-electron chi connectivity index (χ0n) is 12.2. The van der Waals surface area contributed by atoms with Gasteiger partial charge < -0.3 is 4.74 Å². The Morgan fingerprint density at radius 2 is 1.71 bits per heavy atom. The van der Waals surface area contributed by atoms with Gasteiger partial charge in [-0.3, -0.25) is 13.9 Å². The Kier molecular flexibility index (Phi) is 2.79. The lowest BCUT2D eigenvalue weighted by atomic mass is 10.2. The first kappa shape index (κ1) is 13.3. The fourth-order valence-corrected chi connectivity index (χ4v) is 2.34. The van der Waals surface area contributed by atoms with Gasteiger partial charge >= 0.3 is 5.69 Å². The molecule has 1 aromatic carbocycles. The van der Waals surface area contributed by atoms with Crippen LogP contribution in [0.1, 0.15) is 5.56 Å². The van der Waals surface area contributed by atoms with Crippen LogP contribution >= 0.6 is 0 Å². The third-order valence-electron chi connectivity index (χ3n) is 3.56. The summed E-state index contributed by atoms with van der Waals surface area (Å²) in [5.74, 6) is 0.685. The molecule has 7 heteroatoms. The molecule has 0 N–H and O–H groups in total. The number of rotatable bonds is 1. The molecule has 0 aliphatic carbocycles. The molecule has 0 spiro atoms. The number of hydrogen-bond donors (Lipinski definition) is 0. The van der Waals surface area contributed by atoms with Crippen molar-refractivity contribution < 1.29 is 4.74 Å². The molecule has 7 nitrogen and oxygen atoms in total. The molecule has 0 unspecified atom stereocenters. The maximum Gasteiger partial charge on any atom is 0.332 e. The monoisotopic (exact) mass is 286 g/mol. The molecule has 0 saturated heterocycles. The highest BCUT2D eigenvalue weighted by atomic mass is 16.5. The van der Waals surface area contributed by atoms with E-state index in [0.717, 1.165) is 10.1 Å². The van der Waals surface area contributed by atoms with Gasteiger partial charge in [-0.2, -0.15) is 0 Å². The van der Waals surface area contributed by atoms with Crippen molar-refractivity contribution in [3.05, 3.63) is 38.5 Å². The second kappa shape index (κ2) is 4.41. The maximum absolute atomic E-state index is 12.2. The number of nitrogens with zero attached hydrogens (tertiary/aromatic N) is 4. The molecule has 0 amide bonds. The SMILES string of the molecule is COc1cc2nc3c(nc2cc1C)c(=O)n(C)c(=O)n3C. The van der Waals surface area contributed by atoms with Crippen LogP contribution in [0.5, 0.6) is 5.75 Å². The van der Waals surface area contributed by atoms with E-state index in [9.17, 15) is 9.59 Å². The Morgan fingerprint density at radius 3 is 2.38 bits per heavy atom. The van der Waals surface area contributed by atoms with Crippen LogP contribution in [0, 0.1) is 6.92 Å². The Labute approximate surface area is 119 Å². The van der Waals surface area contributed by atoms with Crippen molar-refractivity contribution in [3.8, 4) is 5.75 Å². The molecule has 0 bridgehead atoms. The van der Waals surface area contributed by atoms with Gasteiger partial charge in [-0.25, -0.2) is 14.8 Å². The normalized spacial score (nSPS) is 11.2. The van der Waals surface area contributed by atoms with Crippen molar-refractivity contribution in [1.29, 1.82) is 0 Å². The van der Waals surface area contributed by atoms with E-state index in [2.05, 4.69) is 9.97 Å². The van der Waals surface area contributed by atoms with E-state index in [1.165, 1.54) is 11.6 Å². The van der Waals surface area contributed by atoms with Crippen LogP contribution < -0.4 is 16.0 Å². The summed E-state index contributed by atoms with van der Waals surface area (Å²) in [4.78, 5) is 32.9. The second-order valence-corrected chi connectivity index (χ2v) is 4.91. The molecule has 0 saturated carbocycles. The predicted molar refractivity (Wildman–Crippen MR) is 78.8 cm³/mol. The highest BCUT2D eigenvalue weighted by Crippen LogP contribution is 2.23. The van der Waals surface area contributed by atoms with Crippen LogP contribution in [0.4, 0.5) is 0 Å². The lowest BCUT2D eigenvalue weighted by Crippen LogP contribution is -2.37. The van der Waals surface area contributed by atoms with Crippen LogP contribution in [0.15, 0.2) is 21.7 Å². The number of fused-ring (bicyclic) bond motifs is 2. The fraction of sp³-hybridized carbons (Fsp3) is 0.286. The summed E-state index contributed by atoms with van der Waals surface area (Å²) in [5.41, 5.74) is 1.64. The molecule has 0 atom stereocenters. The number of aryl methyl sites for hydroxylation is 2. The number of benzene rings is 1. The number of methoxy groups -OCH3 is 1. The second-order valence-electron chi connectivity index (χ2n) is 4.91. The first-order chi connectivity index (χ1) is 9.93. The first-order valence-corrected chi connectivity index (χ1v) is 6.36. The van der Waals surface area contributed by atoms with Gasteiger partial charge in [0.25, 0.3) is 5.56 Å². The van der Waals surface area contributed by atoms with Crippen molar-refractivity contribution >= 4 is 22.2 Å². The summed E-state index contributed by atoms with van der Waals surface area (Å²) in [5, 5.41) is 0. The first-order valence-electron chi connectivity index (χ1n) is 6.36. The number of aromatic nitrogens is 4. The van der Waals surface area contributed by atoms with E-state index >= 15 is 0 Å². The highest BCUT2D eigenvalue weighted by Gasteiger charge is 2.13. The summed E-state index contributed by atoms with van der Waals surface area (Å²) in [6.07, 6.45) is 0. The molecule has 0 radical (unpaired) electrons. The van der Waals surface area contributed by atoms with Crippen LogP contribution in [0.3, 0.4) is 0 Å². The van der Waals surface area contributed by atoms with E-state index in [0.29, 0.717) is 16.8 Å². The van der Waals surface area contributed by atoms with E-state index in [1.807, 2.05) is 13.0 Å². The largest absolute Gasteiger partial charge is 0.496 e. The van der Waals surface area contributed by atoms with Crippen molar-refractivity contribution in [2.45, 2.75) is 6.92 Å². The van der Waals surface area contributed by atoms with Gasteiger partial charge in [0.1, 0.15) is 5.75 Å². The summed E-state index contributed by atoms with van der Waals surface area (Å²) in [7, 11) is 4.57. The van der Waals surface area contributed by atoms with Gasteiger partial charge in [0.2, 0.25) is 0 Å². The zero-order chi connectivity index (χ0) is 15.3. The quantitative estimate of drug-likeness (QED) is 0.609. The van der Waals surface area contributed by atoms with Crippen LogP contribution in [-0.2, 0) is 14.1 Å². The van der Waals surface area contributed by atoms with E-state index < -0.39 is 11.2 Å². The van der Waals surface area contributed by atoms with Gasteiger partial charge in [0.05, 0.1) is 18.1 Å². The minimum Gasteiger partial charge on any atom is -0.496 e. The Balaban J connectivity index is 2.55. The van der Waals surface area contributed by atoms with E-state index in [1.54, 1.807) is 20.2 Å². The predicted octanol–water partition coefficient (Wildman–Crippen LogP) is 0.497. The molecular formula is C14H14N4O3. The molecule has 108 valence electrons. The zero-order valence-corrected chi connectivity index (χ0v) is 12.2. The molecule has 3 aromatic rings. The summed E-state index contributed by atoms with van der Waals surface area (Å²) >= 11 is 0. The maximum atomic E-state index is 12.2. The average molecular weight is 286 g/mol. The van der Waals surface area contributed by atoms with Crippen molar-refractivity contribution in [2.24, 2.45) is 14.1 Å². The molecule has 3 rings (SSSR count). The summed E-state index contributed by atoms with van der Waals surface area (Å²) in [6, 6.07) is 3.56. The third-order valence-corrected chi connectivity index (χ3v) is 3.56. The molecule has 21 heavy (non-hydrogen) atoms. The Morgan fingerprint density at radius 1 is 1.05 bits per heavy atom. The molecular weight excluding hydrogens is 272 g/mol. The van der Waals surface area contributed by atoms with Gasteiger partial charge in [-0.05, 0) is 18.6 Å². The van der Waals surface area contributed by atoms with Crippen LogP contribution in [0.2, 0.25) is 0 Å². The van der Waals surface area contributed by atoms with Gasteiger partial charge in [-0.15, -0.1) is 0 Å². The van der Waals surface area contributed by atoms with E-state index in [4.69, 9.17) is 4.74 Å². The minimum absolute atomic E-state index is 0.177. The third kappa shape index (κ3) is 1.81. The lowest BCUT2D eigenvalue weighted by Gasteiger charge is -2.09. The number of ether oxygens (including phenoxy) is 1. The molecule has 0 aliphatic rings. The van der Waals surface area contributed by atoms with Gasteiger partial charge in [0.15, 0.2) is 11.2 Å². The molecule has 0 aliphatic heterocycles. The highest BCUT2D eigenvalue weighted by molar-refractivity contribution is 5.85. The van der Waals surface area contributed by atoms with E-state index in [-0.39, 0.29) is 11.2 Å². The standard InChI is InChI=1S/C14H14N4O3/c1-7-5-8-9(6-10(7)21-4)16-12-11(15-8)13(19)18(3)14(20)17(12)2/h5-6H,1-4H3. The molecule has 0 fully saturated rings. The van der Waals surface area contributed by atoms with Crippen molar-refractivity contribution in [3.63, 3.8) is 0 Å². The van der Waals surface area contributed by atoms with Gasteiger partial charge in [-0.1, -0.05) is 0 Å². The average Bonchev–Trinajstić information content (AvgIpc) is 2.48. The van der Waals surface area contributed by atoms with Crippen molar-refractivity contribution in [2.75, 3.05) is 7.11 Å². The summed E-state index contributed by atoms with van der Waals surface area (Å²) in [6.45, 7) is 1.89. The fourth-order valence-electron chi connectivity index (χ4n) is 2.34. The van der Waals surface area contributed by atoms with Gasteiger partial charge in [0, 0.05) is 20.2 Å². The van der Waals surface area contributed by atoms with Crippen molar-refractivity contribution in [1.82, 2.24) is 19.1 Å². The lowest BCUT2D eigenvalue weighted by molar-refractivity contribution is 0.412. The summed E-state index contributed by atoms with van der Waals surface area (Å²) < 4.78 is 7.60. The Hall–Kier alpha value is -2.70. The Bertz CT molecular complexity index is 1000. The minimum atomic E-state index is -0.448. The topological polar surface area (TPSA) is 79.0 Å².